The SMILES string of the molecule is CCc1cc2c(=O)n(CCC(N)=O)c(Cc3ccc(Cl)cc3)nc2s1. The van der Waals surface area contributed by atoms with E-state index in [2.05, 4.69) is 0 Å². The van der Waals surface area contributed by atoms with Crippen LogP contribution < -0.4 is 11.3 Å². The normalized spacial score (nSPS) is 11.1. The van der Waals surface area contributed by atoms with Crippen LogP contribution in [0.3, 0.4) is 0 Å². The summed E-state index contributed by atoms with van der Waals surface area (Å²) in [6, 6.07) is 9.32. The van der Waals surface area contributed by atoms with Crippen LogP contribution in [0.4, 0.5) is 0 Å². The lowest BCUT2D eigenvalue weighted by Gasteiger charge is -2.12. The summed E-state index contributed by atoms with van der Waals surface area (Å²) >= 11 is 7.47. The molecular formula is C18H18ClN3O2S. The molecule has 130 valence electrons. The first-order valence-corrected chi connectivity index (χ1v) is 9.22. The van der Waals surface area contributed by atoms with E-state index in [4.69, 9.17) is 22.3 Å². The maximum atomic E-state index is 12.9. The van der Waals surface area contributed by atoms with Gasteiger partial charge in [-0.25, -0.2) is 4.98 Å². The standard InChI is InChI=1S/C18H18ClN3O2S/c1-2-13-10-14-17(25-13)21-16(9-11-3-5-12(19)6-4-11)22(18(14)24)8-7-15(20)23/h3-6,10H,2,7-9H2,1H3,(H2,20,23). The minimum absolute atomic E-state index is 0.103. The topological polar surface area (TPSA) is 78.0 Å². The van der Waals surface area contributed by atoms with Crippen LogP contribution in [-0.2, 0) is 24.2 Å². The van der Waals surface area contributed by atoms with Crippen LogP contribution in [0.5, 0.6) is 0 Å². The van der Waals surface area contributed by atoms with Crippen molar-refractivity contribution in [2.45, 2.75) is 32.7 Å². The molecule has 0 atom stereocenters. The summed E-state index contributed by atoms with van der Waals surface area (Å²) in [6.45, 7) is 2.28. The largest absolute Gasteiger partial charge is 0.370 e. The number of aryl methyl sites for hydroxylation is 1. The fourth-order valence-corrected chi connectivity index (χ4v) is 3.76. The highest BCUT2D eigenvalue weighted by Gasteiger charge is 2.15. The van der Waals surface area contributed by atoms with Crippen LogP contribution in [-0.4, -0.2) is 15.5 Å². The van der Waals surface area contributed by atoms with Crippen LogP contribution >= 0.6 is 22.9 Å². The Morgan fingerprint density at radius 2 is 2.04 bits per heavy atom. The molecule has 2 heterocycles. The Morgan fingerprint density at radius 3 is 2.68 bits per heavy atom. The molecule has 0 aliphatic heterocycles. The smallest absolute Gasteiger partial charge is 0.262 e. The molecule has 1 amide bonds. The lowest BCUT2D eigenvalue weighted by Crippen LogP contribution is -2.27. The fraction of sp³-hybridized carbons (Fsp3) is 0.278. The predicted molar refractivity (Wildman–Crippen MR) is 101 cm³/mol. The molecule has 2 N–H and O–H groups in total. The number of benzene rings is 1. The maximum Gasteiger partial charge on any atom is 0.262 e. The van der Waals surface area contributed by atoms with E-state index in [0.717, 1.165) is 21.7 Å². The molecule has 0 bridgehead atoms. The second-order valence-corrected chi connectivity index (χ2v) is 7.34. The summed E-state index contributed by atoms with van der Waals surface area (Å²) in [7, 11) is 0. The van der Waals surface area contributed by atoms with Gasteiger partial charge < -0.3 is 5.73 Å². The zero-order valence-electron chi connectivity index (χ0n) is 13.8. The molecule has 0 aliphatic carbocycles. The van der Waals surface area contributed by atoms with Gasteiger partial charge in [0.15, 0.2) is 0 Å². The first-order chi connectivity index (χ1) is 12.0. The van der Waals surface area contributed by atoms with Gasteiger partial charge in [0.25, 0.3) is 5.56 Å². The van der Waals surface area contributed by atoms with Gasteiger partial charge in [0, 0.05) is 29.3 Å². The molecule has 2 aromatic heterocycles. The Hall–Kier alpha value is -2.18. The molecule has 3 aromatic rings. The summed E-state index contributed by atoms with van der Waals surface area (Å²) < 4.78 is 1.56. The van der Waals surface area contributed by atoms with Crippen molar-refractivity contribution >= 4 is 39.1 Å². The molecule has 1 aromatic carbocycles. The van der Waals surface area contributed by atoms with Crippen molar-refractivity contribution in [3.8, 4) is 0 Å². The van der Waals surface area contributed by atoms with Crippen molar-refractivity contribution in [1.29, 1.82) is 0 Å². The van der Waals surface area contributed by atoms with E-state index in [0.29, 0.717) is 22.7 Å². The van der Waals surface area contributed by atoms with Gasteiger partial charge >= 0.3 is 0 Å². The number of rotatable bonds is 6. The molecule has 0 unspecified atom stereocenters. The molecule has 3 rings (SSSR count). The zero-order chi connectivity index (χ0) is 18.0. The summed E-state index contributed by atoms with van der Waals surface area (Å²) in [6.07, 6.45) is 1.44. The Bertz CT molecular complexity index is 976. The molecular weight excluding hydrogens is 358 g/mol. The minimum atomic E-state index is -0.441. The van der Waals surface area contributed by atoms with E-state index >= 15 is 0 Å². The molecule has 0 saturated heterocycles. The second kappa shape index (κ2) is 7.37. The summed E-state index contributed by atoms with van der Waals surface area (Å²) in [5, 5.41) is 1.26. The van der Waals surface area contributed by atoms with Crippen LogP contribution in [0.2, 0.25) is 5.02 Å². The fourth-order valence-electron chi connectivity index (χ4n) is 2.65. The molecule has 0 radical (unpaired) electrons. The number of primary amides is 1. The van der Waals surface area contributed by atoms with Gasteiger partial charge in [-0.15, -0.1) is 11.3 Å². The van der Waals surface area contributed by atoms with Crippen molar-refractivity contribution in [2.24, 2.45) is 5.73 Å². The highest BCUT2D eigenvalue weighted by Crippen LogP contribution is 2.23. The Balaban J connectivity index is 2.09. The van der Waals surface area contributed by atoms with Crippen LogP contribution in [0.25, 0.3) is 10.2 Å². The lowest BCUT2D eigenvalue weighted by molar-refractivity contribution is -0.118. The number of halogens is 1. The summed E-state index contributed by atoms with van der Waals surface area (Å²) in [5.74, 6) is 0.189. The first-order valence-electron chi connectivity index (χ1n) is 8.02. The average molecular weight is 376 g/mol. The third-order valence-corrected chi connectivity index (χ3v) is 5.41. The van der Waals surface area contributed by atoms with Gasteiger partial charge in [-0.3, -0.25) is 14.2 Å². The van der Waals surface area contributed by atoms with Crippen molar-refractivity contribution in [2.75, 3.05) is 0 Å². The van der Waals surface area contributed by atoms with Crippen molar-refractivity contribution in [1.82, 2.24) is 9.55 Å². The predicted octanol–water partition coefficient (Wildman–Crippen LogP) is 3.14. The minimum Gasteiger partial charge on any atom is -0.370 e. The molecule has 0 aliphatic rings. The Labute approximate surface area is 154 Å². The molecule has 0 fully saturated rings. The Kier molecular flexibility index (Phi) is 5.20. The van der Waals surface area contributed by atoms with Gasteiger partial charge in [0.2, 0.25) is 5.91 Å². The van der Waals surface area contributed by atoms with E-state index in [9.17, 15) is 9.59 Å². The van der Waals surface area contributed by atoms with Gasteiger partial charge in [0.05, 0.1) is 5.39 Å². The third-order valence-electron chi connectivity index (χ3n) is 3.99. The highest BCUT2D eigenvalue weighted by atomic mass is 35.5. The summed E-state index contributed by atoms with van der Waals surface area (Å²) in [4.78, 5) is 30.6. The van der Waals surface area contributed by atoms with Crippen molar-refractivity contribution in [3.05, 3.63) is 62.0 Å². The van der Waals surface area contributed by atoms with Crippen LogP contribution in [0.15, 0.2) is 35.1 Å². The number of nitrogens with two attached hydrogens (primary N) is 1. The van der Waals surface area contributed by atoms with E-state index < -0.39 is 5.91 Å². The number of thiophene rings is 1. The van der Waals surface area contributed by atoms with E-state index in [1.165, 1.54) is 11.3 Å². The van der Waals surface area contributed by atoms with E-state index in [-0.39, 0.29) is 18.5 Å². The van der Waals surface area contributed by atoms with Gasteiger partial charge in [-0.2, -0.15) is 0 Å². The number of hydrogen-bond acceptors (Lipinski definition) is 4. The quantitative estimate of drug-likeness (QED) is 0.718. The van der Waals surface area contributed by atoms with Gasteiger partial charge in [-0.05, 0) is 30.2 Å². The van der Waals surface area contributed by atoms with Crippen molar-refractivity contribution in [3.63, 3.8) is 0 Å². The monoisotopic (exact) mass is 375 g/mol. The molecule has 0 saturated carbocycles. The molecule has 0 spiro atoms. The van der Waals surface area contributed by atoms with Crippen LogP contribution in [0.1, 0.15) is 29.6 Å². The maximum absolute atomic E-state index is 12.9. The molecule has 5 nitrogen and oxygen atoms in total. The number of fused-ring (bicyclic) bond motifs is 1. The molecule has 7 heteroatoms. The number of amides is 1. The number of carbonyl (C=O) groups excluding carboxylic acids is 1. The molecule has 25 heavy (non-hydrogen) atoms. The Morgan fingerprint density at radius 1 is 1.32 bits per heavy atom. The van der Waals surface area contributed by atoms with Crippen molar-refractivity contribution < 1.29 is 4.79 Å². The van der Waals surface area contributed by atoms with Gasteiger partial charge in [0.1, 0.15) is 10.7 Å². The third kappa shape index (κ3) is 3.91. The first kappa shape index (κ1) is 17.6. The highest BCUT2D eigenvalue weighted by molar-refractivity contribution is 7.18. The summed E-state index contributed by atoms with van der Waals surface area (Å²) in [5.41, 5.74) is 6.14. The number of aromatic nitrogens is 2. The lowest BCUT2D eigenvalue weighted by atomic mass is 10.1. The van der Waals surface area contributed by atoms with E-state index in [1.807, 2.05) is 37.3 Å². The van der Waals surface area contributed by atoms with Gasteiger partial charge in [-0.1, -0.05) is 30.7 Å². The number of carbonyl (C=O) groups is 1. The average Bonchev–Trinajstić information content (AvgIpc) is 3.00. The number of hydrogen-bond donors (Lipinski definition) is 1. The zero-order valence-corrected chi connectivity index (χ0v) is 15.4. The second-order valence-electron chi connectivity index (χ2n) is 5.79. The number of nitrogens with zero attached hydrogens (tertiary/aromatic N) is 2. The van der Waals surface area contributed by atoms with E-state index in [1.54, 1.807) is 4.57 Å². The van der Waals surface area contributed by atoms with Crippen LogP contribution in [0, 0.1) is 0 Å².